The third-order valence-electron chi connectivity index (χ3n) is 3.22. The molecule has 0 aromatic heterocycles. The second-order valence-electron chi connectivity index (χ2n) is 4.87. The van der Waals surface area contributed by atoms with Crippen LogP contribution >= 0.6 is 0 Å². The standard InChI is InChI=1S/C15H20N2/c1-2-10-17(12-14-3-4-14)11-9-13-5-7-15(16)8-6-13/h1,5-8,14H,3-4,9-12,16H2. The molecule has 90 valence electrons. The molecule has 1 aliphatic carbocycles. The number of anilines is 1. The number of terminal acetylenes is 1. The number of benzene rings is 1. The highest BCUT2D eigenvalue weighted by Crippen LogP contribution is 2.29. The average molecular weight is 228 g/mol. The Kier molecular flexibility index (Phi) is 4.06. The summed E-state index contributed by atoms with van der Waals surface area (Å²) in [5.74, 6) is 3.65. The lowest BCUT2D eigenvalue weighted by molar-refractivity contribution is 0.298. The van der Waals surface area contributed by atoms with Gasteiger partial charge in [-0.15, -0.1) is 6.42 Å². The molecule has 0 amide bonds. The van der Waals surface area contributed by atoms with Gasteiger partial charge in [0.15, 0.2) is 0 Å². The minimum Gasteiger partial charge on any atom is -0.399 e. The molecule has 2 N–H and O–H groups in total. The topological polar surface area (TPSA) is 29.3 Å². The van der Waals surface area contributed by atoms with Gasteiger partial charge in [0.05, 0.1) is 6.54 Å². The first kappa shape index (κ1) is 12.0. The fourth-order valence-corrected chi connectivity index (χ4v) is 2.00. The van der Waals surface area contributed by atoms with Gasteiger partial charge in [-0.2, -0.15) is 0 Å². The number of hydrogen-bond donors (Lipinski definition) is 1. The summed E-state index contributed by atoms with van der Waals surface area (Å²) in [7, 11) is 0. The largest absolute Gasteiger partial charge is 0.399 e. The predicted molar refractivity (Wildman–Crippen MR) is 72.6 cm³/mol. The van der Waals surface area contributed by atoms with E-state index < -0.39 is 0 Å². The van der Waals surface area contributed by atoms with Crippen LogP contribution < -0.4 is 5.73 Å². The van der Waals surface area contributed by atoms with Crippen LogP contribution in [0.25, 0.3) is 0 Å². The SMILES string of the molecule is C#CCN(CCc1ccc(N)cc1)CC1CC1. The van der Waals surface area contributed by atoms with Gasteiger partial charge in [0.1, 0.15) is 0 Å². The van der Waals surface area contributed by atoms with Crippen molar-refractivity contribution in [1.82, 2.24) is 4.90 Å². The first-order valence-corrected chi connectivity index (χ1v) is 6.28. The van der Waals surface area contributed by atoms with Crippen molar-refractivity contribution >= 4 is 5.69 Å². The number of rotatable bonds is 6. The predicted octanol–water partition coefficient (Wildman–Crippen LogP) is 2.16. The molecule has 1 aromatic rings. The molecule has 1 saturated carbocycles. The Bertz CT molecular complexity index is 384. The molecular weight excluding hydrogens is 208 g/mol. The minimum absolute atomic E-state index is 0.769. The van der Waals surface area contributed by atoms with Crippen LogP contribution in [0.2, 0.25) is 0 Å². The van der Waals surface area contributed by atoms with Crippen molar-refractivity contribution in [3.63, 3.8) is 0 Å². The fourth-order valence-electron chi connectivity index (χ4n) is 2.00. The summed E-state index contributed by atoms with van der Waals surface area (Å²) in [6, 6.07) is 8.12. The Balaban J connectivity index is 1.81. The van der Waals surface area contributed by atoms with E-state index in [4.69, 9.17) is 12.2 Å². The second-order valence-corrected chi connectivity index (χ2v) is 4.87. The summed E-state index contributed by atoms with van der Waals surface area (Å²) in [4.78, 5) is 2.38. The highest BCUT2D eigenvalue weighted by atomic mass is 15.1. The molecule has 1 aliphatic rings. The highest BCUT2D eigenvalue weighted by Gasteiger charge is 2.23. The smallest absolute Gasteiger partial charge is 0.0599 e. The van der Waals surface area contributed by atoms with Crippen molar-refractivity contribution in [3.8, 4) is 12.3 Å². The second kappa shape index (κ2) is 5.75. The Labute approximate surface area is 104 Å². The molecule has 1 fully saturated rings. The van der Waals surface area contributed by atoms with Crippen LogP contribution in [-0.2, 0) is 6.42 Å². The third-order valence-corrected chi connectivity index (χ3v) is 3.22. The molecule has 2 heteroatoms. The van der Waals surface area contributed by atoms with Crippen molar-refractivity contribution in [3.05, 3.63) is 29.8 Å². The molecule has 0 spiro atoms. The molecule has 0 atom stereocenters. The zero-order valence-corrected chi connectivity index (χ0v) is 10.2. The van der Waals surface area contributed by atoms with Crippen molar-refractivity contribution < 1.29 is 0 Å². The maximum Gasteiger partial charge on any atom is 0.0599 e. The average Bonchev–Trinajstić information content (AvgIpc) is 3.12. The lowest BCUT2D eigenvalue weighted by Crippen LogP contribution is -2.28. The molecule has 0 aliphatic heterocycles. The third kappa shape index (κ3) is 4.13. The zero-order chi connectivity index (χ0) is 12.1. The summed E-state index contributed by atoms with van der Waals surface area (Å²) in [5, 5.41) is 0. The van der Waals surface area contributed by atoms with Crippen LogP contribution in [0.4, 0.5) is 5.69 Å². The molecule has 0 radical (unpaired) electrons. The van der Waals surface area contributed by atoms with Gasteiger partial charge in [-0.05, 0) is 42.9 Å². The number of nitrogens with two attached hydrogens (primary N) is 1. The van der Waals surface area contributed by atoms with E-state index in [-0.39, 0.29) is 0 Å². The maximum atomic E-state index is 5.67. The molecule has 0 heterocycles. The van der Waals surface area contributed by atoms with Gasteiger partial charge < -0.3 is 5.73 Å². The molecular formula is C15H20N2. The van der Waals surface area contributed by atoms with Crippen molar-refractivity contribution in [2.75, 3.05) is 25.4 Å². The molecule has 0 unspecified atom stereocenters. The van der Waals surface area contributed by atoms with E-state index in [1.165, 1.54) is 24.9 Å². The van der Waals surface area contributed by atoms with Gasteiger partial charge in [0.25, 0.3) is 0 Å². The van der Waals surface area contributed by atoms with Crippen molar-refractivity contribution in [1.29, 1.82) is 0 Å². The van der Waals surface area contributed by atoms with Crippen LogP contribution in [0.1, 0.15) is 18.4 Å². The summed E-state index contributed by atoms with van der Waals surface area (Å²) in [5.41, 5.74) is 7.82. The van der Waals surface area contributed by atoms with Crippen LogP contribution in [-0.4, -0.2) is 24.5 Å². The molecule has 0 saturated heterocycles. The summed E-state index contributed by atoms with van der Waals surface area (Å²) < 4.78 is 0. The summed E-state index contributed by atoms with van der Waals surface area (Å²) in [6.07, 6.45) is 9.21. The molecule has 1 aromatic carbocycles. The highest BCUT2D eigenvalue weighted by molar-refractivity contribution is 5.39. The van der Waals surface area contributed by atoms with E-state index >= 15 is 0 Å². The number of nitrogens with zero attached hydrogens (tertiary/aromatic N) is 1. The number of nitrogen functional groups attached to an aromatic ring is 1. The van der Waals surface area contributed by atoms with E-state index in [9.17, 15) is 0 Å². The first-order chi connectivity index (χ1) is 8.28. The van der Waals surface area contributed by atoms with Crippen molar-refractivity contribution in [2.24, 2.45) is 5.92 Å². The fraction of sp³-hybridized carbons (Fsp3) is 0.467. The van der Waals surface area contributed by atoms with Crippen LogP contribution in [0.3, 0.4) is 0 Å². The lowest BCUT2D eigenvalue weighted by atomic mass is 10.1. The lowest BCUT2D eigenvalue weighted by Gasteiger charge is -2.19. The van der Waals surface area contributed by atoms with Gasteiger partial charge in [-0.3, -0.25) is 4.90 Å². The van der Waals surface area contributed by atoms with Gasteiger partial charge in [0.2, 0.25) is 0 Å². The van der Waals surface area contributed by atoms with E-state index in [0.717, 1.165) is 31.1 Å². The van der Waals surface area contributed by atoms with Crippen molar-refractivity contribution in [2.45, 2.75) is 19.3 Å². The van der Waals surface area contributed by atoms with Crippen LogP contribution in [0.5, 0.6) is 0 Å². The van der Waals surface area contributed by atoms with Crippen LogP contribution in [0.15, 0.2) is 24.3 Å². The van der Waals surface area contributed by atoms with Gasteiger partial charge >= 0.3 is 0 Å². The number of hydrogen-bond acceptors (Lipinski definition) is 2. The molecule has 0 bridgehead atoms. The minimum atomic E-state index is 0.769. The summed E-state index contributed by atoms with van der Waals surface area (Å²) >= 11 is 0. The van der Waals surface area contributed by atoms with E-state index in [2.05, 4.69) is 23.0 Å². The monoisotopic (exact) mass is 228 g/mol. The quantitative estimate of drug-likeness (QED) is 0.597. The van der Waals surface area contributed by atoms with Gasteiger partial charge in [0, 0.05) is 18.8 Å². The maximum absolute atomic E-state index is 5.67. The van der Waals surface area contributed by atoms with Crippen LogP contribution in [0, 0.1) is 18.3 Å². The Morgan fingerprint density at radius 2 is 2.00 bits per heavy atom. The van der Waals surface area contributed by atoms with E-state index in [1.807, 2.05) is 12.1 Å². The zero-order valence-electron chi connectivity index (χ0n) is 10.2. The Morgan fingerprint density at radius 3 is 2.59 bits per heavy atom. The Hall–Kier alpha value is -1.46. The van der Waals surface area contributed by atoms with E-state index in [0.29, 0.717) is 0 Å². The molecule has 2 rings (SSSR count). The van der Waals surface area contributed by atoms with Gasteiger partial charge in [-0.25, -0.2) is 0 Å². The normalized spacial score (nSPS) is 14.8. The molecule has 17 heavy (non-hydrogen) atoms. The molecule has 2 nitrogen and oxygen atoms in total. The van der Waals surface area contributed by atoms with Gasteiger partial charge in [-0.1, -0.05) is 18.1 Å². The Morgan fingerprint density at radius 1 is 1.29 bits per heavy atom. The first-order valence-electron chi connectivity index (χ1n) is 6.28. The van der Waals surface area contributed by atoms with E-state index in [1.54, 1.807) is 0 Å². The summed E-state index contributed by atoms with van der Waals surface area (Å²) in [6.45, 7) is 2.98.